The van der Waals surface area contributed by atoms with Crippen LogP contribution in [0.25, 0.3) is 0 Å². The summed E-state index contributed by atoms with van der Waals surface area (Å²) in [6.45, 7) is 2.03. The second kappa shape index (κ2) is 3.10. The van der Waals surface area contributed by atoms with Crippen LogP contribution in [0.1, 0.15) is 24.6 Å². The van der Waals surface area contributed by atoms with Crippen LogP contribution in [0.2, 0.25) is 0 Å². The van der Waals surface area contributed by atoms with E-state index in [0.717, 1.165) is 31.8 Å². The van der Waals surface area contributed by atoms with E-state index in [-0.39, 0.29) is 5.69 Å². The third kappa shape index (κ3) is 1.40. The van der Waals surface area contributed by atoms with Gasteiger partial charge in [-0.05, 0) is 25.9 Å². The largest absolute Gasteiger partial charge is 0.340 e. The van der Waals surface area contributed by atoms with Crippen LogP contribution >= 0.6 is 0 Å². The molecule has 66 valence electrons. The van der Waals surface area contributed by atoms with Gasteiger partial charge < -0.3 is 5.32 Å². The Labute approximate surface area is 69.6 Å². The van der Waals surface area contributed by atoms with Crippen LogP contribution < -0.4 is 11.0 Å². The highest BCUT2D eigenvalue weighted by molar-refractivity contribution is 4.95. The zero-order valence-corrected chi connectivity index (χ0v) is 6.76. The zero-order chi connectivity index (χ0) is 8.39. The van der Waals surface area contributed by atoms with E-state index in [9.17, 15) is 4.79 Å². The second-order valence-electron chi connectivity index (χ2n) is 3.09. The molecule has 2 heterocycles. The topological polar surface area (TPSA) is 73.6 Å². The quantitative estimate of drug-likeness (QED) is 0.532. The first-order valence-corrected chi connectivity index (χ1v) is 4.21. The first kappa shape index (κ1) is 7.54. The molecule has 3 N–H and O–H groups in total. The van der Waals surface area contributed by atoms with E-state index in [1.54, 1.807) is 0 Å². The van der Waals surface area contributed by atoms with Gasteiger partial charge in [0.2, 0.25) is 0 Å². The van der Waals surface area contributed by atoms with Gasteiger partial charge >= 0.3 is 5.69 Å². The van der Waals surface area contributed by atoms with Crippen LogP contribution in [0, 0.1) is 0 Å². The average molecular weight is 168 g/mol. The van der Waals surface area contributed by atoms with E-state index < -0.39 is 0 Å². The first-order chi connectivity index (χ1) is 5.86. The minimum Gasteiger partial charge on any atom is -0.317 e. The molecule has 0 amide bonds. The minimum absolute atomic E-state index is 0.205. The summed E-state index contributed by atoms with van der Waals surface area (Å²) in [5, 5.41) is 9.56. The standard InChI is InChI=1S/C7H12N4O/c12-7-9-6(10-11-7)5-1-3-8-4-2-5/h5,8H,1-4H2,(H2,9,10,11,12). The normalized spacial score (nSPS) is 19.7. The van der Waals surface area contributed by atoms with Crippen molar-refractivity contribution in [2.24, 2.45) is 0 Å². The third-order valence-electron chi connectivity index (χ3n) is 2.25. The molecule has 5 heteroatoms. The van der Waals surface area contributed by atoms with Gasteiger partial charge in [0.15, 0.2) is 0 Å². The Morgan fingerprint density at radius 2 is 2.08 bits per heavy atom. The van der Waals surface area contributed by atoms with E-state index in [2.05, 4.69) is 20.5 Å². The van der Waals surface area contributed by atoms with Crippen LogP contribution in [0.4, 0.5) is 0 Å². The molecule has 0 spiro atoms. The van der Waals surface area contributed by atoms with Crippen LogP contribution in [0.3, 0.4) is 0 Å². The van der Waals surface area contributed by atoms with Crippen molar-refractivity contribution in [2.45, 2.75) is 18.8 Å². The van der Waals surface area contributed by atoms with Crippen molar-refractivity contribution in [3.8, 4) is 0 Å². The van der Waals surface area contributed by atoms with Gasteiger partial charge in [0.1, 0.15) is 5.82 Å². The predicted molar refractivity (Wildman–Crippen MR) is 44.1 cm³/mol. The highest BCUT2D eigenvalue weighted by atomic mass is 16.1. The lowest BCUT2D eigenvalue weighted by Gasteiger charge is -2.19. The number of H-pyrrole nitrogens is 2. The van der Waals surface area contributed by atoms with Crippen LogP contribution in [-0.4, -0.2) is 28.3 Å². The Hall–Kier alpha value is -1.10. The SMILES string of the molecule is O=c1[nH]nc(C2CCNCC2)[nH]1. The van der Waals surface area contributed by atoms with Gasteiger partial charge in [0.05, 0.1) is 0 Å². The molecule has 12 heavy (non-hydrogen) atoms. The molecule has 1 saturated heterocycles. The summed E-state index contributed by atoms with van der Waals surface area (Å²) in [5.74, 6) is 1.23. The molecule has 2 rings (SSSR count). The van der Waals surface area contributed by atoms with E-state index >= 15 is 0 Å². The Kier molecular flexibility index (Phi) is 1.95. The van der Waals surface area contributed by atoms with Gasteiger partial charge in [-0.1, -0.05) is 0 Å². The van der Waals surface area contributed by atoms with Gasteiger partial charge in [-0.2, -0.15) is 5.10 Å². The molecule has 0 bridgehead atoms. The zero-order valence-electron chi connectivity index (χ0n) is 6.76. The molecule has 0 saturated carbocycles. The number of nitrogens with one attached hydrogen (secondary N) is 3. The molecule has 0 aromatic carbocycles. The molecule has 5 nitrogen and oxygen atoms in total. The summed E-state index contributed by atoms with van der Waals surface area (Å²) >= 11 is 0. The molecule has 1 aromatic heterocycles. The number of aromatic amines is 2. The highest BCUT2D eigenvalue weighted by Crippen LogP contribution is 2.19. The number of hydrogen-bond acceptors (Lipinski definition) is 3. The highest BCUT2D eigenvalue weighted by Gasteiger charge is 2.17. The predicted octanol–water partition coefficient (Wildman–Crippen LogP) is -0.435. The Morgan fingerprint density at radius 3 is 2.67 bits per heavy atom. The fourth-order valence-corrected chi connectivity index (χ4v) is 1.57. The summed E-state index contributed by atoms with van der Waals surface area (Å²) in [5.41, 5.74) is -0.205. The first-order valence-electron chi connectivity index (χ1n) is 4.21. The van der Waals surface area contributed by atoms with Gasteiger partial charge in [0, 0.05) is 5.92 Å². The monoisotopic (exact) mass is 168 g/mol. The maximum Gasteiger partial charge on any atom is 0.340 e. The van der Waals surface area contributed by atoms with Crippen LogP contribution in [0.15, 0.2) is 4.79 Å². The van der Waals surface area contributed by atoms with E-state index in [1.807, 2.05) is 0 Å². The second-order valence-corrected chi connectivity index (χ2v) is 3.09. The van der Waals surface area contributed by atoms with Crippen molar-refractivity contribution < 1.29 is 0 Å². The average Bonchev–Trinajstić information content (AvgIpc) is 2.54. The van der Waals surface area contributed by atoms with Gasteiger partial charge in [-0.15, -0.1) is 0 Å². The number of rotatable bonds is 1. The summed E-state index contributed by atoms with van der Waals surface area (Å²) in [4.78, 5) is 13.4. The summed E-state index contributed by atoms with van der Waals surface area (Å²) in [7, 11) is 0. The van der Waals surface area contributed by atoms with Crippen molar-refractivity contribution in [3.63, 3.8) is 0 Å². The third-order valence-corrected chi connectivity index (χ3v) is 2.25. The van der Waals surface area contributed by atoms with Crippen LogP contribution in [0.5, 0.6) is 0 Å². The number of nitrogens with zero attached hydrogens (tertiary/aromatic N) is 1. The van der Waals surface area contributed by atoms with Gasteiger partial charge in [0.25, 0.3) is 0 Å². The lowest BCUT2D eigenvalue weighted by molar-refractivity contribution is 0.446. The maximum atomic E-state index is 10.7. The molecule has 0 aliphatic carbocycles. The van der Waals surface area contributed by atoms with E-state index in [1.165, 1.54) is 0 Å². The number of piperidine rings is 1. The molecular weight excluding hydrogens is 156 g/mol. The Morgan fingerprint density at radius 1 is 1.33 bits per heavy atom. The molecule has 1 aliphatic heterocycles. The summed E-state index contributed by atoms with van der Waals surface area (Å²) < 4.78 is 0. The van der Waals surface area contributed by atoms with E-state index in [4.69, 9.17) is 0 Å². The lowest BCUT2D eigenvalue weighted by atomic mass is 9.98. The molecule has 0 atom stereocenters. The van der Waals surface area contributed by atoms with Crippen molar-refractivity contribution >= 4 is 0 Å². The fraction of sp³-hybridized carbons (Fsp3) is 0.714. The van der Waals surface area contributed by atoms with Crippen molar-refractivity contribution in [1.29, 1.82) is 0 Å². The Balaban J connectivity index is 2.13. The van der Waals surface area contributed by atoms with Gasteiger partial charge in [-0.3, -0.25) is 4.98 Å². The van der Waals surface area contributed by atoms with Gasteiger partial charge in [-0.25, -0.2) is 9.89 Å². The van der Waals surface area contributed by atoms with Crippen molar-refractivity contribution in [2.75, 3.05) is 13.1 Å². The molecular formula is C7H12N4O. The summed E-state index contributed by atoms with van der Waals surface area (Å²) in [6, 6.07) is 0. The fourth-order valence-electron chi connectivity index (χ4n) is 1.57. The van der Waals surface area contributed by atoms with Crippen LogP contribution in [-0.2, 0) is 0 Å². The number of hydrogen-bond donors (Lipinski definition) is 3. The molecule has 1 fully saturated rings. The molecule has 1 aromatic rings. The Bertz CT molecular complexity index is 296. The number of aromatic nitrogens is 3. The minimum atomic E-state index is -0.205. The molecule has 1 aliphatic rings. The van der Waals surface area contributed by atoms with E-state index in [0.29, 0.717) is 5.92 Å². The van der Waals surface area contributed by atoms with Crippen molar-refractivity contribution in [1.82, 2.24) is 20.5 Å². The molecule has 0 radical (unpaired) electrons. The maximum absolute atomic E-state index is 10.7. The molecule has 0 unspecified atom stereocenters. The lowest BCUT2D eigenvalue weighted by Crippen LogP contribution is -2.27. The summed E-state index contributed by atoms with van der Waals surface area (Å²) in [6.07, 6.45) is 2.11. The van der Waals surface area contributed by atoms with Crippen molar-refractivity contribution in [3.05, 3.63) is 16.3 Å². The smallest absolute Gasteiger partial charge is 0.317 e.